The van der Waals surface area contributed by atoms with Gasteiger partial charge in [0, 0.05) is 0 Å². The van der Waals surface area contributed by atoms with Crippen molar-refractivity contribution in [1.29, 1.82) is 0 Å². The Morgan fingerprint density at radius 2 is 0.333 bits per heavy atom. The van der Waals surface area contributed by atoms with Crippen LogP contribution in [-0.2, 0) is 0 Å². The van der Waals surface area contributed by atoms with Crippen LogP contribution in [0.1, 0.15) is 0 Å². The maximum atomic E-state index is 3.91. The van der Waals surface area contributed by atoms with Crippen LogP contribution in [0.25, 0.3) is 0 Å². The quantitative estimate of drug-likeness (QED) is 0.339. The summed E-state index contributed by atoms with van der Waals surface area (Å²) < 4.78 is 0. The smallest absolute Gasteiger partial charge is 0.342 e. The van der Waals surface area contributed by atoms with Gasteiger partial charge in [-0.15, -0.1) is 32.3 Å². The maximum absolute atomic E-state index is 3.91. The first kappa shape index (κ1) is 33.9. The molecule has 21 heavy (non-hydrogen) atoms. The second kappa shape index (κ2) is 13.8. The van der Waals surface area contributed by atoms with Crippen LogP contribution in [0.2, 0.25) is 78.6 Å². The number of hydrogen-bond donors (Lipinski definition) is 0. The molecule has 0 atom stereocenters. The average Bonchev–Trinajstić information content (AvgIpc) is 1.62. The van der Waals surface area contributed by atoms with Crippen molar-refractivity contribution in [2.75, 3.05) is 0 Å². The van der Waals surface area contributed by atoms with Crippen LogP contribution in [0.4, 0.5) is 0 Å². The number of hydrogen-bond acceptors (Lipinski definition) is 0. The van der Waals surface area contributed by atoms with Crippen LogP contribution in [0.5, 0.6) is 0 Å². The van der Waals surface area contributed by atoms with Crippen molar-refractivity contribution in [3.05, 3.63) is 26.2 Å². The van der Waals surface area contributed by atoms with Crippen LogP contribution in [0.15, 0.2) is 0 Å². The van der Waals surface area contributed by atoms with E-state index in [4.69, 9.17) is 0 Å². The van der Waals surface area contributed by atoms with Crippen molar-refractivity contribution in [3.63, 3.8) is 0 Å². The second-order valence-corrected chi connectivity index (χ2v) is 30.7. The number of rotatable bonds is 0. The van der Waals surface area contributed by atoms with E-state index < -0.39 is 32.3 Å². The molecule has 0 spiro atoms. The SMILES string of the molecule is [Al+3].[CH2-][Si](C)(C)C.[CH2-][Si](C)(C)C.[CH2-][Si](C)(C)C.[CH2-][Si](C)(C)C. The van der Waals surface area contributed by atoms with Gasteiger partial charge in [0.2, 0.25) is 0 Å². The van der Waals surface area contributed by atoms with Gasteiger partial charge in [-0.25, -0.2) is 0 Å². The van der Waals surface area contributed by atoms with Crippen molar-refractivity contribution in [3.8, 4) is 0 Å². The third-order valence-electron chi connectivity index (χ3n) is 0. The van der Waals surface area contributed by atoms with Gasteiger partial charge in [0.15, 0.2) is 0 Å². The molecule has 128 valence electrons. The zero-order chi connectivity index (χ0) is 18.0. The molecule has 0 fully saturated rings. The van der Waals surface area contributed by atoms with Crippen LogP contribution in [0.3, 0.4) is 0 Å². The minimum absolute atomic E-state index is 0. The Hall–Kier alpha value is 1.40. The normalized spacial score (nSPS) is 11.4. The molecule has 0 heterocycles. The van der Waals surface area contributed by atoms with E-state index in [1.807, 2.05) is 0 Å². The molecule has 0 unspecified atom stereocenters. The summed E-state index contributed by atoms with van der Waals surface area (Å²) in [5.74, 6) is 0. The molecular formula is C16H44AlSi4-. The molecular weight excluding hydrogens is 332 g/mol. The van der Waals surface area contributed by atoms with Crippen molar-refractivity contribution >= 4 is 49.7 Å². The Kier molecular flexibility index (Phi) is 22.3. The summed E-state index contributed by atoms with van der Waals surface area (Å²) >= 11 is 0. The molecule has 0 radical (unpaired) electrons. The van der Waals surface area contributed by atoms with Crippen LogP contribution < -0.4 is 0 Å². The summed E-state index contributed by atoms with van der Waals surface area (Å²) in [5.41, 5.74) is 0. The van der Waals surface area contributed by atoms with Crippen molar-refractivity contribution in [2.24, 2.45) is 0 Å². The fourth-order valence-electron chi connectivity index (χ4n) is 0. The predicted octanol–water partition coefficient (Wildman–Crippen LogP) is 6.41. The summed E-state index contributed by atoms with van der Waals surface area (Å²) in [5, 5.41) is 0. The molecule has 0 aliphatic rings. The Morgan fingerprint density at radius 1 is 0.333 bits per heavy atom. The van der Waals surface area contributed by atoms with Crippen molar-refractivity contribution < 1.29 is 0 Å². The van der Waals surface area contributed by atoms with Crippen LogP contribution in [-0.4, -0.2) is 49.7 Å². The minimum atomic E-state index is -0.861. The third-order valence-corrected chi connectivity index (χ3v) is 0. The van der Waals surface area contributed by atoms with Gasteiger partial charge in [-0.05, 0) is 0 Å². The first-order chi connectivity index (χ1) is 8.00. The Labute approximate surface area is 154 Å². The topological polar surface area (TPSA) is 0 Å². The van der Waals surface area contributed by atoms with Crippen molar-refractivity contribution in [1.82, 2.24) is 0 Å². The van der Waals surface area contributed by atoms with E-state index in [1.54, 1.807) is 0 Å². The Balaban J connectivity index is -0.0000000533. The van der Waals surface area contributed by atoms with Gasteiger partial charge in [-0.1, -0.05) is 78.6 Å². The maximum Gasteiger partial charge on any atom is 3.00 e. The summed E-state index contributed by atoms with van der Waals surface area (Å²) in [6, 6.07) is 0. The molecule has 0 N–H and O–H groups in total. The zero-order valence-corrected chi connectivity index (χ0v) is 22.6. The average molecular weight is 376 g/mol. The molecule has 0 saturated carbocycles. The van der Waals surface area contributed by atoms with Crippen LogP contribution in [0, 0.1) is 26.2 Å². The first-order valence-corrected chi connectivity index (χ1v) is 22.2. The van der Waals surface area contributed by atoms with E-state index >= 15 is 0 Å². The standard InChI is InChI=1S/4C4H11Si.Al/c4*1-5(2,3)4;/h4*1H2,2-4H3;/q4*-1;+3. The van der Waals surface area contributed by atoms with E-state index in [9.17, 15) is 0 Å². The van der Waals surface area contributed by atoms with Crippen LogP contribution >= 0.6 is 0 Å². The largest absolute Gasteiger partial charge is 3.00 e. The van der Waals surface area contributed by atoms with Gasteiger partial charge < -0.3 is 26.2 Å². The molecule has 0 bridgehead atoms. The minimum Gasteiger partial charge on any atom is -0.342 e. The van der Waals surface area contributed by atoms with Crippen molar-refractivity contribution in [2.45, 2.75) is 78.6 Å². The molecule has 0 aliphatic heterocycles. The molecule has 0 aromatic rings. The van der Waals surface area contributed by atoms with Gasteiger partial charge in [-0.2, -0.15) is 0 Å². The van der Waals surface area contributed by atoms with Gasteiger partial charge in [0.25, 0.3) is 0 Å². The molecule has 5 heteroatoms. The Bertz CT molecular complexity index is 130. The molecule has 0 amide bonds. The van der Waals surface area contributed by atoms with Gasteiger partial charge in [0.05, 0.1) is 0 Å². The molecule has 0 aliphatic carbocycles. The summed E-state index contributed by atoms with van der Waals surface area (Å²) in [7, 11) is -3.44. The van der Waals surface area contributed by atoms with Gasteiger partial charge >= 0.3 is 17.4 Å². The molecule has 0 aromatic heterocycles. The first-order valence-electron chi connectivity index (χ1n) is 7.41. The predicted molar refractivity (Wildman–Crippen MR) is 121 cm³/mol. The summed E-state index contributed by atoms with van der Waals surface area (Å²) in [6.07, 6.45) is 0. The molecule has 0 saturated heterocycles. The van der Waals surface area contributed by atoms with Gasteiger partial charge in [-0.3, -0.25) is 0 Å². The monoisotopic (exact) mass is 375 g/mol. The van der Waals surface area contributed by atoms with E-state index in [0.717, 1.165) is 0 Å². The summed E-state index contributed by atoms with van der Waals surface area (Å²) in [6.45, 7) is 42.2. The third kappa shape index (κ3) is 4110. The molecule has 0 aromatic carbocycles. The van der Waals surface area contributed by atoms with E-state index in [1.165, 1.54) is 0 Å². The zero-order valence-electron chi connectivity index (χ0n) is 17.4. The Morgan fingerprint density at radius 3 is 0.333 bits per heavy atom. The summed E-state index contributed by atoms with van der Waals surface area (Å²) in [4.78, 5) is 0. The second-order valence-electron chi connectivity index (χ2n) is 10.2. The fourth-order valence-corrected chi connectivity index (χ4v) is 0. The van der Waals surface area contributed by atoms with E-state index in [-0.39, 0.29) is 17.4 Å². The molecule has 0 nitrogen and oxygen atoms in total. The molecule has 0 rings (SSSR count). The van der Waals surface area contributed by atoms with E-state index in [0.29, 0.717) is 0 Å². The fraction of sp³-hybridized carbons (Fsp3) is 0.750. The van der Waals surface area contributed by atoms with E-state index in [2.05, 4.69) is 105 Å². The van der Waals surface area contributed by atoms with Gasteiger partial charge in [0.1, 0.15) is 0 Å².